The molecule has 0 aliphatic carbocycles. The zero-order chi connectivity index (χ0) is 20.7. The fourth-order valence-electron chi connectivity index (χ4n) is 2.37. The predicted octanol–water partition coefficient (Wildman–Crippen LogP) is 4.29. The van der Waals surface area contributed by atoms with Gasteiger partial charge in [-0.3, -0.25) is 4.79 Å². The Bertz CT molecular complexity index is 860. The Morgan fingerprint density at radius 3 is 2.36 bits per heavy atom. The number of hydrazone groups is 1. The van der Waals surface area contributed by atoms with Gasteiger partial charge in [0.15, 0.2) is 18.1 Å². The van der Waals surface area contributed by atoms with E-state index in [1.54, 1.807) is 32.4 Å². The van der Waals surface area contributed by atoms with Gasteiger partial charge in [-0.1, -0.05) is 26.8 Å². The first kappa shape index (κ1) is 21.8. The van der Waals surface area contributed by atoms with Crippen LogP contribution in [-0.2, 0) is 10.2 Å². The summed E-state index contributed by atoms with van der Waals surface area (Å²) in [6, 6.07) is 11.2. The third kappa shape index (κ3) is 5.99. The molecule has 150 valence electrons. The topological polar surface area (TPSA) is 69.2 Å². The summed E-state index contributed by atoms with van der Waals surface area (Å²) in [5.74, 6) is 1.46. The van der Waals surface area contributed by atoms with Gasteiger partial charge >= 0.3 is 0 Å². The lowest BCUT2D eigenvalue weighted by atomic mass is 9.87. The second-order valence-corrected chi connectivity index (χ2v) is 7.95. The molecule has 0 heterocycles. The van der Waals surface area contributed by atoms with Crippen molar-refractivity contribution in [1.29, 1.82) is 0 Å². The standard InChI is InChI=1S/C21H25BrN2O4/c1-21(2,3)15-7-9-17(16(22)11-15)28-13-20(25)24-23-12-14-6-8-18(26-4)19(10-14)27-5/h6-12H,13H2,1-5H3,(H,24,25)/b23-12-. The maximum absolute atomic E-state index is 12.0. The molecule has 0 spiro atoms. The van der Waals surface area contributed by atoms with Gasteiger partial charge in [-0.05, 0) is 62.8 Å². The number of carbonyl (C=O) groups excluding carboxylic acids is 1. The highest BCUT2D eigenvalue weighted by molar-refractivity contribution is 9.10. The monoisotopic (exact) mass is 448 g/mol. The van der Waals surface area contributed by atoms with Crippen LogP contribution >= 0.6 is 15.9 Å². The molecule has 7 heteroatoms. The summed E-state index contributed by atoms with van der Waals surface area (Å²) in [6.45, 7) is 6.27. The highest BCUT2D eigenvalue weighted by atomic mass is 79.9. The third-order valence-corrected chi connectivity index (χ3v) is 4.59. The van der Waals surface area contributed by atoms with E-state index >= 15 is 0 Å². The molecule has 0 aromatic heterocycles. The van der Waals surface area contributed by atoms with Crippen LogP contribution in [0, 0.1) is 0 Å². The van der Waals surface area contributed by atoms with Crippen LogP contribution < -0.4 is 19.6 Å². The summed E-state index contributed by atoms with van der Waals surface area (Å²) >= 11 is 3.49. The SMILES string of the molecule is COc1ccc(/C=N\NC(=O)COc2ccc(C(C)(C)C)cc2Br)cc1OC. The predicted molar refractivity (Wildman–Crippen MR) is 114 cm³/mol. The number of benzene rings is 2. The molecule has 1 N–H and O–H groups in total. The molecule has 0 saturated heterocycles. The van der Waals surface area contributed by atoms with E-state index in [0.717, 1.165) is 10.0 Å². The van der Waals surface area contributed by atoms with Gasteiger partial charge in [0.25, 0.3) is 5.91 Å². The minimum Gasteiger partial charge on any atom is -0.493 e. The summed E-state index contributed by atoms with van der Waals surface area (Å²) in [6.07, 6.45) is 1.52. The second-order valence-electron chi connectivity index (χ2n) is 7.09. The van der Waals surface area contributed by atoms with Gasteiger partial charge in [0.2, 0.25) is 0 Å². The van der Waals surface area contributed by atoms with E-state index in [9.17, 15) is 4.79 Å². The first-order valence-corrected chi connectivity index (χ1v) is 9.50. The molecule has 2 rings (SSSR count). The molecule has 0 saturated carbocycles. The van der Waals surface area contributed by atoms with Crippen molar-refractivity contribution in [1.82, 2.24) is 5.43 Å². The van der Waals surface area contributed by atoms with Crippen LogP contribution in [0.4, 0.5) is 0 Å². The van der Waals surface area contributed by atoms with Crippen molar-refractivity contribution < 1.29 is 19.0 Å². The van der Waals surface area contributed by atoms with E-state index in [-0.39, 0.29) is 17.9 Å². The lowest BCUT2D eigenvalue weighted by molar-refractivity contribution is -0.123. The quantitative estimate of drug-likeness (QED) is 0.506. The van der Waals surface area contributed by atoms with Crippen molar-refractivity contribution in [3.05, 3.63) is 52.0 Å². The minimum absolute atomic E-state index is 0.0390. The van der Waals surface area contributed by atoms with Gasteiger partial charge in [0.1, 0.15) is 5.75 Å². The molecule has 0 aliphatic rings. The molecule has 28 heavy (non-hydrogen) atoms. The van der Waals surface area contributed by atoms with Crippen LogP contribution in [0.15, 0.2) is 46.0 Å². The van der Waals surface area contributed by atoms with Crippen LogP contribution in [0.5, 0.6) is 17.2 Å². The Balaban J connectivity index is 1.90. The van der Waals surface area contributed by atoms with E-state index in [2.05, 4.69) is 47.2 Å². The fraction of sp³-hybridized carbons (Fsp3) is 0.333. The molecule has 0 atom stereocenters. The lowest BCUT2D eigenvalue weighted by Crippen LogP contribution is -2.24. The lowest BCUT2D eigenvalue weighted by Gasteiger charge is -2.20. The van der Waals surface area contributed by atoms with Crippen molar-refractivity contribution >= 4 is 28.1 Å². The van der Waals surface area contributed by atoms with E-state index in [1.165, 1.54) is 11.8 Å². The Labute approximate surface area is 174 Å². The Morgan fingerprint density at radius 2 is 1.75 bits per heavy atom. The number of hydrogen-bond acceptors (Lipinski definition) is 5. The first-order valence-electron chi connectivity index (χ1n) is 8.71. The molecule has 1 amide bonds. The van der Waals surface area contributed by atoms with E-state index in [1.807, 2.05) is 18.2 Å². The fourth-order valence-corrected chi connectivity index (χ4v) is 2.87. The molecule has 0 unspecified atom stereocenters. The number of halogens is 1. The Morgan fingerprint density at radius 1 is 1.07 bits per heavy atom. The maximum atomic E-state index is 12.0. The van der Waals surface area contributed by atoms with Crippen LogP contribution in [0.2, 0.25) is 0 Å². The highest BCUT2D eigenvalue weighted by Gasteiger charge is 2.15. The van der Waals surface area contributed by atoms with E-state index in [0.29, 0.717) is 17.2 Å². The van der Waals surface area contributed by atoms with Crippen molar-refractivity contribution in [2.45, 2.75) is 26.2 Å². The van der Waals surface area contributed by atoms with Crippen molar-refractivity contribution in [3.63, 3.8) is 0 Å². The van der Waals surface area contributed by atoms with Crippen LogP contribution in [0.1, 0.15) is 31.9 Å². The van der Waals surface area contributed by atoms with Gasteiger partial charge in [-0.25, -0.2) is 5.43 Å². The molecule has 2 aromatic carbocycles. The largest absolute Gasteiger partial charge is 0.493 e. The zero-order valence-corrected chi connectivity index (χ0v) is 18.3. The summed E-state index contributed by atoms with van der Waals surface area (Å²) in [5, 5.41) is 3.94. The summed E-state index contributed by atoms with van der Waals surface area (Å²) in [4.78, 5) is 12.0. The molecule has 6 nitrogen and oxygen atoms in total. The molecule has 0 fully saturated rings. The summed E-state index contributed by atoms with van der Waals surface area (Å²) < 4.78 is 16.8. The number of nitrogens with one attached hydrogen (secondary N) is 1. The normalized spacial score (nSPS) is 11.4. The zero-order valence-electron chi connectivity index (χ0n) is 16.7. The Hall–Kier alpha value is -2.54. The molecule has 0 bridgehead atoms. The number of carbonyl (C=O) groups is 1. The van der Waals surface area contributed by atoms with Gasteiger partial charge < -0.3 is 14.2 Å². The van der Waals surface area contributed by atoms with Gasteiger partial charge in [-0.15, -0.1) is 0 Å². The molecule has 0 aliphatic heterocycles. The molecule has 2 aromatic rings. The average Bonchev–Trinajstić information content (AvgIpc) is 2.66. The number of rotatable bonds is 7. The van der Waals surface area contributed by atoms with Gasteiger partial charge in [0, 0.05) is 0 Å². The summed E-state index contributed by atoms with van der Waals surface area (Å²) in [7, 11) is 3.13. The van der Waals surface area contributed by atoms with Gasteiger partial charge in [0.05, 0.1) is 24.9 Å². The minimum atomic E-state index is -0.358. The molecular weight excluding hydrogens is 424 g/mol. The molecular formula is C21H25BrN2O4. The third-order valence-electron chi connectivity index (χ3n) is 3.97. The Kier molecular flexibility index (Phi) is 7.45. The van der Waals surface area contributed by atoms with Crippen LogP contribution in [0.3, 0.4) is 0 Å². The number of ether oxygens (including phenoxy) is 3. The summed E-state index contributed by atoms with van der Waals surface area (Å²) in [5.41, 5.74) is 4.42. The average molecular weight is 449 g/mol. The number of nitrogens with zero attached hydrogens (tertiary/aromatic N) is 1. The number of hydrogen-bond donors (Lipinski definition) is 1. The van der Waals surface area contributed by atoms with Crippen molar-refractivity contribution in [3.8, 4) is 17.2 Å². The van der Waals surface area contributed by atoms with Crippen molar-refractivity contribution in [2.24, 2.45) is 5.10 Å². The van der Waals surface area contributed by atoms with E-state index < -0.39 is 0 Å². The maximum Gasteiger partial charge on any atom is 0.277 e. The van der Waals surface area contributed by atoms with Gasteiger partial charge in [-0.2, -0.15) is 5.10 Å². The first-order chi connectivity index (χ1) is 13.2. The smallest absolute Gasteiger partial charge is 0.277 e. The number of methoxy groups -OCH3 is 2. The second kappa shape index (κ2) is 9.59. The highest BCUT2D eigenvalue weighted by Crippen LogP contribution is 2.31. The van der Waals surface area contributed by atoms with Crippen LogP contribution in [0.25, 0.3) is 0 Å². The number of amides is 1. The van der Waals surface area contributed by atoms with E-state index in [4.69, 9.17) is 14.2 Å². The molecule has 0 radical (unpaired) electrons. The van der Waals surface area contributed by atoms with Crippen LogP contribution in [-0.4, -0.2) is 32.9 Å². The van der Waals surface area contributed by atoms with Crippen molar-refractivity contribution in [2.75, 3.05) is 20.8 Å².